The first kappa shape index (κ1) is 17.3. The highest BCUT2D eigenvalue weighted by molar-refractivity contribution is 9.10. The number of hydrogen-bond donors (Lipinski definition) is 1. The lowest BCUT2D eigenvalue weighted by Gasteiger charge is -2.17. The van der Waals surface area contributed by atoms with E-state index in [9.17, 15) is 13.2 Å². The van der Waals surface area contributed by atoms with E-state index in [1.807, 2.05) is 0 Å². The van der Waals surface area contributed by atoms with Gasteiger partial charge in [0, 0.05) is 16.6 Å². The zero-order chi connectivity index (χ0) is 15.3. The van der Waals surface area contributed by atoms with E-state index in [0.717, 1.165) is 16.6 Å². The van der Waals surface area contributed by atoms with Gasteiger partial charge in [-0.1, -0.05) is 29.8 Å². The van der Waals surface area contributed by atoms with Crippen LogP contribution in [0.5, 0.6) is 5.75 Å². The lowest BCUT2D eigenvalue weighted by atomic mass is 10.1. The summed E-state index contributed by atoms with van der Waals surface area (Å²) in [6.07, 6.45) is -4.33. The molecule has 0 unspecified atom stereocenters. The zero-order valence-corrected chi connectivity index (χ0v) is 13.4. The molecule has 0 aliphatic rings. The van der Waals surface area contributed by atoms with Crippen LogP contribution >= 0.6 is 15.9 Å². The number of benzene rings is 1. The first-order valence-electron chi connectivity index (χ1n) is 6.38. The van der Waals surface area contributed by atoms with Crippen molar-refractivity contribution in [3.63, 3.8) is 0 Å². The normalized spacial score (nSPS) is 12.0. The first-order chi connectivity index (χ1) is 9.19. The van der Waals surface area contributed by atoms with E-state index in [0.29, 0.717) is 23.8 Å². The van der Waals surface area contributed by atoms with Gasteiger partial charge in [0.1, 0.15) is 5.75 Å². The van der Waals surface area contributed by atoms with Crippen molar-refractivity contribution in [3.05, 3.63) is 27.7 Å². The summed E-state index contributed by atoms with van der Waals surface area (Å²) in [5.41, 5.74) is 1.41. The van der Waals surface area contributed by atoms with Crippen LogP contribution in [0.3, 0.4) is 0 Å². The third kappa shape index (κ3) is 6.13. The largest absolute Gasteiger partial charge is 0.484 e. The Morgan fingerprint density at radius 3 is 2.50 bits per heavy atom. The van der Waals surface area contributed by atoms with Crippen molar-refractivity contribution < 1.29 is 17.9 Å². The molecule has 0 spiro atoms. The van der Waals surface area contributed by atoms with Gasteiger partial charge in [-0.2, -0.15) is 13.2 Å². The van der Waals surface area contributed by atoms with E-state index < -0.39 is 12.8 Å². The maximum absolute atomic E-state index is 12.3. The van der Waals surface area contributed by atoms with Crippen molar-refractivity contribution in [2.45, 2.75) is 33.5 Å². The van der Waals surface area contributed by atoms with Crippen LogP contribution in [0.2, 0.25) is 0 Å². The molecule has 0 aliphatic carbocycles. The maximum atomic E-state index is 12.3. The second-order valence-corrected chi connectivity index (χ2v) is 6.06. The van der Waals surface area contributed by atoms with E-state index >= 15 is 0 Å². The predicted molar refractivity (Wildman–Crippen MR) is 77.0 cm³/mol. The van der Waals surface area contributed by atoms with Crippen LogP contribution in [0.15, 0.2) is 16.6 Å². The number of hydrogen-bond acceptors (Lipinski definition) is 2. The van der Waals surface area contributed by atoms with Gasteiger partial charge in [-0.3, -0.25) is 0 Å². The van der Waals surface area contributed by atoms with Crippen LogP contribution < -0.4 is 10.1 Å². The van der Waals surface area contributed by atoms with E-state index in [1.165, 1.54) is 0 Å². The van der Waals surface area contributed by atoms with E-state index in [-0.39, 0.29) is 0 Å². The van der Waals surface area contributed by atoms with Gasteiger partial charge in [0.15, 0.2) is 6.61 Å². The molecule has 0 radical (unpaired) electrons. The van der Waals surface area contributed by atoms with Gasteiger partial charge in [0.25, 0.3) is 0 Å². The molecule has 0 aromatic heterocycles. The molecule has 2 nitrogen and oxygen atoms in total. The zero-order valence-electron chi connectivity index (χ0n) is 11.8. The topological polar surface area (TPSA) is 21.3 Å². The van der Waals surface area contributed by atoms with Crippen LogP contribution in [0, 0.1) is 12.8 Å². The average molecular weight is 354 g/mol. The Balaban J connectivity index is 2.84. The molecule has 0 aliphatic heterocycles. The lowest BCUT2D eigenvalue weighted by molar-refractivity contribution is -0.153. The Kier molecular flexibility index (Phi) is 6.33. The standard InChI is InChI=1S/C14H19BrF3NO/c1-9(2)6-19-7-11-5-12(15)4-10(3)13(11)20-8-14(16,17)18/h4-5,9,19H,6-8H2,1-3H3. The van der Waals surface area contributed by atoms with E-state index in [4.69, 9.17) is 4.74 Å². The molecular weight excluding hydrogens is 335 g/mol. The molecule has 1 aromatic carbocycles. The summed E-state index contributed by atoms with van der Waals surface area (Å²) in [4.78, 5) is 0. The van der Waals surface area contributed by atoms with Crippen molar-refractivity contribution in [1.82, 2.24) is 5.32 Å². The Morgan fingerprint density at radius 1 is 1.30 bits per heavy atom. The molecular formula is C14H19BrF3NO. The minimum absolute atomic E-state index is 0.307. The number of nitrogens with one attached hydrogen (secondary N) is 1. The third-order valence-corrected chi connectivity index (χ3v) is 3.02. The Morgan fingerprint density at radius 2 is 1.95 bits per heavy atom. The second-order valence-electron chi connectivity index (χ2n) is 5.14. The number of aryl methyl sites for hydroxylation is 1. The smallest absolute Gasteiger partial charge is 0.422 e. The summed E-state index contributed by atoms with van der Waals surface area (Å²) >= 11 is 3.35. The maximum Gasteiger partial charge on any atom is 0.422 e. The van der Waals surface area contributed by atoms with Gasteiger partial charge in [0.2, 0.25) is 0 Å². The quantitative estimate of drug-likeness (QED) is 0.815. The van der Waals surface area contributed by atoms with Gasteiger partial charge in [-0.25, -0.2) is 0 Å². The number of halogens is 4. The SMILES string of the molecule is Cc1cc(Br)cc(CNCC(C)C)c1OCC(F)(F)F. The Labute approximate surface area is 125 Å². The van der Waals surface area contributed by atoms with E-state index in [2.05, 4.69) is 35.1 Å². The summed E-state index contributed by atoms with van der Waals surface area (Å²) < 4.78 is 42.7. The van der Waals surface area contributed by atoms with Gasteiger partial charge in [-0.05, 0) is 37.1 Å². The second kappa shape index (κ2) is 7.31. The van der Waals surface area contributed by atoms with Gasteiger partial charge in [0.05, 0.1) is 0 Å². The van der Waals surface area contributed by atoms with Gasteiger partial charge >= 0.3 is 6.18 Å². The molecule has 114 valence electrons. The summed E-state index contributed by atoms with van der Waals surface area (Å²) in [5, 5.41) is 3.21. The lowest BCUT2D eigenvalue weighted by Crippen LogP contribution is -2.22. The van der Waals surface area contributed by atoms with Gasteiger partial charge in [-0.15, -0.1) is 0 Å². The summed E-state index contributed by atoms with van der Waals surface area (Å²) in [6.45, 7) is 5.88. The van der Waals surface area contributed by atoms with Crippen molar-refractivity contribution >= 4 is 15.9 Å². The Hall–Kier alpha value is -0.750. The fourth-order valence-corrected chi connectivity index (χ4v) is 2.41. The highest BCUT2D eigenvalue weighted by atomic mass is 79.9. The Bertz CT molecular complexity index is 447. The molecule has 0 saturated carbocycles. The molecule has 6 heteroatoms. The molecule has 20 heavy (non-hydrogen) atoms. The molecule has 0 amide bonds. The van der Waals surface area contributed by atoms with Crippen molar-refractivity contribution in [1.29, 1.82) is 0 Å². The van der Waals surface area contributed by atoms with Crippen LogP contribution in [0.25, 0.3) is 0 Å². The number of alkyl halides is 3. The number of ether oxygens (including phenoxy) is 1. The molecule has 1 N–H and O–H groups in total. The highest BCUT2D eigenvalue weighted by Gasteiger charge is 2.29. The number of rotatable bonds is 6. The molecule has 0 fully saturated rings. The minimum Gasteiger partial charge on any atom is -0.484 e. The van der Waals surface area contributed by atoms with Crippen LogP contribution in [0.1, 0.15) is 25.0 Å². The molecule has 0 saturated heterocycles. The third-order valence-electron chi connectivity index (χ3n) is 2.56. The average Bonchev–Trinajstić information content (AvgIpc) is 2.25. The fourth-order valence-electron chi connectivity index (χ4n) is 1.79. The summed E-state index contributed by atoms with van der Waals surface area (Å²) in [7, 11) is 0. The first-order valence-corrected chi connectivity index (χ1v) is 7.17. The molecule has 0 heterocycles. The molecule has 1 aromatic rings. The van der Waals surface area contributed by atoms with Gasteiger partial charge < -0.3 is 10.1 Å². The monoisotopic (exact) mass is 353 g/mol. The molecule has 0 atom stereocenters. The molecule has 0 bridgehead atoms. The predicted octanol–water partition coefficient (Wildman–Crippen LogP) is 4.44. The van der Waals surface area contributed by atoms with Crippen LogP contribution in [0.4, 0.5) is 13.2 Å². The van der Waals surface area contributed by atoms with E-state index in [1.54, 1.807) is 19.1 Å². The summed E-state index contributed by atoms with van der Waals surface area (Å²) in [6, 6.07) is 3.53. The highest BCUT2D eigenvalue weighted by Crippen LogP contribution is 2.29. The molecule has 1 rings (SSSR count). The van der Waals surface area contributed by atoms with Crippen molar-refractivity contribution in [2.75, 3.05) is 13.2 Å². The van der Waals surface area contributed by atoms with Crippen molar-refractivity contribution in [2.24, 2.45) is 5.92 Å². The van der Waals surface area contributed by atoms with Crippen LogP contribution in [-0.4, -0.2) is 19.3 Å². The fraction of sp³-hybridized carbons (Fsp3) is 0.571. The van der Waals surface area contributed by atoms with Crippen LogP contribution in [-0.2, 0) is 6.54 Å². The van der Waals surface area contributed by atoms with Crippen molar-refractivity contribution in [3.8, 4) is 5.75 Å². The minimum atomic E-state index is -4.33. The summed E-state index contributed by atoms with van der Waals surface area (Å²) in [5.74, 6) is 0.782.